The van der Waals surface area contributed by atoms with E-state index < -0.39 is 12.2 Å². The van der Waals surface area contributed by atoms with Crippen LogP contribution in [0.15, 0.2) is 123 Å². The zero-order valence-corrected chi connectivity index (χ0v) is 34.9. The average molecular weight is 816 g/mol. The Morgan fingerprint density at radius 1 is 0.768 bits per heavy atom. The van der Waals surface area contributed by atoms with Gasteiger partial charge in [0.2, 0.25) is 0 Å². The predicted octanol–water partition coefficient (Wildman–Crippen LogP) is 6.35. The molecule has 3 aromatic carbocycles. The van der Waals surface area contributed by atoms with E-state index in [4.69, 9.17) is 0 Å². The minimum atomic E-state index is -0.500. The summed E-state index contributed by atoms with van der Waals surface area (Å²) in [6.07, 6.45) is 11.5. The molecule has 0 spiro atoms. The molecule has 56 heavy (non-hydrogen) atoms. The number of rotatable bonds is 8. The molecule has 4 unspecified atom stereocenters. The Morgan fingerprint density at radius 2 is 1.36 bits per heavy atom. The molecule has 2 aromatic heterocycles. The molecule has 8 heterocycles. The van der Waals surface area contributed by atoms with E-state index in [0.717, 1.165) is 83.0 Å². The van der Waals surface area contributed by atoms with Gasteiger partial charge in [-0.25, -0.2) is 0 Å². The van der Waals surface area contributed by atoms with Crippen LogP contribution in [0.3, 0.4) is 0 Å². The van der Waals surface area contributed by atoms with Crippen LogP contribution >= 0.6 is 0 Å². The Morgan fingerprint density at radius 3 is 1.93 bits per heavy atom. The molecule has 7 heteroatoms. The molecule has 6 aliphatic heterocycles. The number of nitrogens with zero attached hydrogens (tertiary/aromatic N) is 4. The van der Waals surface area contributed by atoms with Crippen LogP contribution < -0.4 is 17.0 Å². The van der Waals surface area contributed by atoms with Gasteiger partial charge in [-0.3, -0.25) is 14.9 Å². The van der Waals surface area contributed by atoms with Crippen molar-refractivity contribution < 1.29 is 31.7 Å². The molecule has 0 aliphatic carbocycles. The normalized spacial score (nSPS) is 29.1. The maximum atomic E-state index is 11.8. The summed E-state index contributed by atoms with van der Waals surface area (Å²) in [6, 6.07) is 29.9. The highest BCUT2D eigenvalue weighted by molar-refractivity contribution is 5.83. The highest BCUT2D eigenvalue weighted by Gasteiger charge is 2.54. The number of quaternary nitrogens is 1. The van der Waals surface area contributed by atoms with Crippen molar-refractivity contribution in [2.24, 2.45) is 23.7 Å². The van der Waals surface area contributed by atoms with Crippen molar-refractivity contribution >= 4 is 21.8 Å². The lowest BCUT2D eigenvalue weighted by molar-refractivity contribution is -0.984. The number of para-hydroxylation sites is 2. The number of hydrogen-bond donors (Lipinski definition) is 2. The van der Waals surface area contributed by atoms with Crippen LogP contribution in [-0.2, 0) is 12.0 Å². The second kappa shape index (κ2) is 16.6. The number of hydrogen-bond acceptors (Lipinski definition) is 5. The first-order valence-electron chi connectivity index (χ1n) is 20.6. The number of fused-ring (bicyclic) bond motifs is 8. The standard InChI is InChI=1S/C30H37N2O.C19H22N2O.BrH/c1-5-22-20-32(19-21-10-12-24(13-11-21)30(2,3)4)17-15-23(22)18-28(32)29(33)26-14-16-31-27-9-7-6-8-25(26)27;1-2-13-12-21-10-8-14(13)11-18(21)19(22)16-7-9-20-17-6-4-3-5-15(16)17;/h5-14,16,22-23,28-29,33H,1,15,17-20H2,2-4H3;2-7,9,13-14,18-19,22H,1,8,10-12H2;1H/q+1;;/p-1/t22-,23?,28-,29+,32?;13-,14?,18-,19+;/m00./s1. The molecule has 11 rings (SSSR count). The summed E-state index contributed by atoms with van der Waals surface area (Å²) in [6.45, 7) is 20.2. The number of piperidine rings is 6. The highest BCUT2D eigenvalue weighted by atomic mass is 79.9. The zero-order valence-electron chi connectivity index (χ0n) is 33.4. The number of pyridine rings is 2. The third-order valence-electron chi connectivity index (χ3n) is 13.9. The van der Waals surface area contributed by atoms with Crippen molar-refractivity contribution in [3.8, 4) is 0 Å². The summed E-state index contributed by atoms with van der Waals surface area (Å²) in [5.41, 5.74) is 6.84. The number of benzene rings is 3. The fourth-order valence-electron chi connectivity index (χ4n) is 10.7. The van der Waals surface area contributed by atoms with Gasteiger partial charge in [-0.15, -0.1) is 13.2 Å². The molecule has 4 bridgehead atoms. The molecule has 6 aliphatic rings. The van der Waals surface area contributed by atoms with Crippen molar-refractivity contribution in [2.75, 3.05) is 26.2 Å². The summed E-state index contributed by atoms with van der Waals surface area (Å²) >= 11 is 0. The predicted molar refractivity (Wildman–Crippen MR) is 224 cm³/mol. The minimum absolute atomic E-state index is 0. The van der Waals surface area contributed by atoms with Gasteiger partial charge in [0, 0.05) is 60.1 Å². The molecule has 2 N–H and O–H groups in total. The first-order chi connectivity index (χ1) is 26.6. The largest absolute Gasteiger partial charge is 1.00 e. The van der Waals surface area contributed by atoms with E-state index in [0.29, 0.717) is 23.7 Å². The molecule has 0 radical (unpaired) electrons. The second-order valence-corrected chi connectivity index (χ2v) is 18.0. The zero-order chi connectivity index (χ0) is 38.3. The number of aliphatic hydroxyl groups is 2. The number of aliphatic hydroxyl groups excluding tert-OH is 2. The van der Waals surface area contributed by atoms with Gasteiger partial charge in [0.05, 0.1) is 30.2 Å². The Hall–Kier alpha value is -3.72. The summed E-state index contributed by atoms with van der Waals surface area (Å²) in [5.74, 6) is 2.42. The lowest BCUT2D eigenvalue weighted by Gasteiger charge is -2.58. The lowest BCUT2D eigenvalue weighted by Crippen LogP contribution is -3.00. The minimum Gasteiger partial charge on any atom is -1.00 e. The van der Waals surface area contributed by atoms with Crippen molar-refractivity contribution in [2.45, 2.75) is 82.7 Å². The maximum absolute atomic E-state index is 11.8. The Kier molecular flexibility index (Phi) is 12.0. The summed E-state index contributed by atoms with van der Waals surface area (Å²) in [7, 11) is 0. The van der Waals surface area contributed by atoms with Gasteiger partial charge in [-0.05, 0) is 83.5 Å². The van der Waals surface area contributed by atoms with Gasteiger partial charge >= 0.3 is 0 Å². The molecule has 5 aromatic rings. The second-order valence-electron chi connectivity index (χ2n) is 18.0. The van der Waals surface area contributed by atoms with Crippen LogP contribution in [0.25, 0.3) is 21.8 Å². The van der Waals surface area contributed by atoms with Crippen LogP contribution in [0.1, 0.15) is 80.9 Å². The van der Waals surface area contributed by atoms with E-state index in [1.165, 1.54) is 24.0 Å². The first-order valence-corrected chi connectivity index (χ1v) is 20.6. The summed E-state index contributed by atoms with van der Waals surface area (Å²) < 4.78 is 0.944. The quantitative estimate of drug-likeness (QED) is 0.141. The number of halogens is 1. The van der Waals surface area contributed by atoms with Gasteiger partial charge in [0.1, 0.15) is 18.7 Å². The van der Waals surface area contributed by atoms with E-state index in [9.17, 15) is 10.2 Å². The van der Waals surface area contributed by atoms with Crippen molar-refractivity contribution in [1.82, 2.24) is 14.9 Å². The summed E-state index contributed by atoms with van der Waals surface area (Å²) in [4.78, 5) is 11.4. The molecule has 0 saturated carbocycles. The van der Waals surface area contributed by atoms with Gasteiger partial charge in [-0.2, -0.15) is 0 Å². The van der Waals surface area contributed by atoms with Gasteiger partial charge in [-0.1, -0.05) is 93.6 Å². The van der Waals surface area contributed by atoms with Crippen LogP contribution in [0.2, 0.25) is 0 Å². The number of aromatic nitrogens is 2. The molecule has 6 fully saturated rings. The maximum Gasteiger partial charge on any atom is 0.131 e. The molecule has 0 amide bonds. The Bertz CT molecular complexity index is 2140. The first kappa shape index (κ1) is 40.5. The van der Waals surface area contributed by atoms with E-state index in [-0.39, 0.29) is 34.5 Å². The van der Waals surface area contributed by atoms with Crippen LogP contribution in [-0.4, -0.2) is 67.8 Å². The topological polar surface area (TPSA) is 69.5 Å². The highest BCUT2D eigenvalue weighted by Crippen LogP contribution is 2.48. The molecule has 10 atom stereocenters. The van der Waals surface area contributed by atoms with Crippen molar-refractivity contribution in [3.05, 3.63) is 145 Å². The van der Waals surface area contributed by atoms with Gasteiger partial charge in [0.25, 0.3) is 0 Å². The lowest BCUT2D eigenvalue weighted by atomic mass is 9.71. The van der Waals surface area contributed by atoms with Gasteiger partial charge < -0.3 is 31.7 Å². The monoisotopic (exact) mass is 814 g/mol. The van der Waals surface area contributed by atoms with Gasteiger partial charge in [0.15, 0.2) is 0 Å². The van der Waals surface area contributed by atoms with Crippen molar-refractivity contribution in [3.63, 3.8) is 0 Å². The van der Waals surface area contributed by atoms with Crippen LogP contribution in [0.5, 0.6) is 0 Å². The Labute approximate surface area is 344 Å². The van der Waals surface area contributed by atoms with Crippen LogP contribution in [0.4, 0.5) is 0 Å². The van der Waals surface area contributed by atoms with E-state index in [1.54, 1.807) is 0 Å². The molecule has 6 nitrogen and oxygen atoms in total. The Balaban J connectivity index is 0.000000182. The average Bonchev–Trinajstić information content (AvgIpc) is 3.22. The third kappa shape index (κ3) is 7.78. The fourth-order valence-corrected chi connectivity index (χ4v) is 10.7. The molecular formula is C49H59BrN4O2. The summed E-state index contributed by atoms with van der Waals surface area (Å²) in [5, 5.41) is 25.0. The molecule has 6 saturated heterocycles. The van der Waals surface area contributed by atoms with E-state index >= 15 is 0 Å². The fraction of sp³-hybridized carbons (Fsp3) is 0.429. The molecule has 294 valence electrons. The smallest absolute Gasteiger partial charge is 0.131 e. The van der Waals surface area contributed by atoms with E-state index in [1.807, 2.05) is 60.9 Å². The van der Waals surface area contributed by atoms with Crippen LogP contribution in [0, 0.1) is 23.7 Å². The van der Waals surface area contributed by atoms with Crippen molar-refractivity contribution in [1.29, 1.82) is 0 Å². The molecular weight excluding hydrogens is 756 g/mol. The van der Waals surface area contributed by atoms with E-state index in [2.05, 4.69) is 97.3 Å². The SMILES string of the molecule is C=C[C@H]1CN2CCC1C[C@H]2[C@H](O)c1ccnc2ccccc12.C=C[C@H]1C[N+]2(Cc3ccc(C(C)(C)C)cc3)CCC1C[C@H]2[C@H](O)c1ccnc2ccccc12.[Br-]. The third-order valence-corrected chi connectivity index (χ3v) is 13.9.